The maximum absolute atomic E-state index is 12.9. The topological polar surface area (TPSA) is 61.9 Å². The van der Waals surface area contributed by atoms with E-state index in [2.05, 4.69) is 12.2 Å². The molecule has 0 radical (unpaired) electrons. The van der Waals surface area contributed by atoms with Gasteiger partial charge in [0.15, 0.2) is 0 Å². The van der Waals surface area contributed by atoms with E-state index >= 15 is 0 Å². The van der Waals surface area contributed by atoms with Gasteiger partial charge in [0.2, 0.25) is 5.91 Å². The molecule has 2 aliphatic heterocycles. The summed E-state index contributed by atoms with van der Waals surface area (Å²) in [6.45, 7) is 7.85. The third-order valence-corrected chi connectivity index (χ3v) is 5.27. The Labute approximate surface area is 155 Å². The molecular weight excluding hydrogens is 330 g/mol. The van der Waals surface area contributed by atoms with Crippen LogP contribution in [0.4, 0.5) is 0 Å². The molecule has 2 aliphatic rings. The Bertz CT molecular complexity index is 641. The van der Waals surface area contributed by atoms with Crippen molar-refractivity contribution >= 4 is 11.8 Å². The number of piperazine rings is 1. The van der Waals surface area contributed by atoms with Crippen molar-refractivity contribution in [2.24, 2.45) is 5.92 Å². The first-order valence-corrected chi connectivity index (χ1v) is 9.63. The van der Waals surface area contributed by atoms with Gasteiger partial charge in [0.1, 0.15) is 5.75 Å². The van der Waals surface area contributed by atoms with E-state index in [1.807, 2.05) is 34.9 Å². The molecule has 2 fully saturated rings. The molecule has 2 amide bonds. The van der Waals surface area contributed by atoms with E-state index < -0.39 is 0 Å². The predicted octanol–water partition coefficient (Wildman–Crippen LogP) is 1.76. The molecule has 1 N–H and O–H groups in total. The molecule has 6 nitrogen and oxygen atoms in total. The van der Waals surface area contributed by atoms with Crippen LogP contribution in [0.2, 0.25) is 0 Å². The zero-order valence-electron chi connectivity index (χ0n) is 15.7. The molecule has 6 heteroatoms. The van der Waals surface area contributed by atoms with Crippen molar-refractivity contribution in [2.45, 2.75) is 32.7 Å². The number of hydrogen-bond acceptors (Lipinski definition) is 4. The first-order chi connectivity index (χ1) is 12.6. The molecule has 3 rings (SSSR count). The fourth-order valence-electron chi connectivity index (χ4n) is 3.84. The molecule has 26 heavy (non-hydrogen) atoms. The minimum absolute atomic E-state index is 0.0170. The smallest absolute Gasteiger partial charge is 0.257 e. The number of amides is 2. The Morgan fingerprint density at radius 3 is 2.54 bits per heavy atom. The van der Waals surface area contributed by atoms with E-state index in [4.69, 9.17) is 4.74 Å². The van der Waals surface area contributed by atoms with Crippen LogP contribution >= 0.6 is 0 Å². The van der Waals surface area contributed by atoms with E-state index in [9.17, 15) is 9.59 Å². The van der Waals surface area contributed by atoms with Crippen LogP contribution in [0.1, 0.15) is 37.0 Å². The van der Waals surface area contributed by atoms with E-state index in [-0.39, 0.29) is 17.7 Å². The molecule has 2 saturated heterocycles. The Balaban J connectivity index is 1.58. The summed E-state index contributed by atoms with van der Waals surface area (Å²) < 4.78 is 5.58. The summed E-state index contributed by atoms with van der Waals surface area (Å²) in [7, 11) is 0. The quantitative estimate of drug-likeness (QED) is 0.890. The lowest BCUT2D eigenvalue weighted by molar-refractivity contribution is -0.138. The second kappa shape index (κ2) is 8.54. The highest BCUT2D eigenvalue weighted by atomic mass is 16.5. The zero-order chi connectivity index (χ0) is 18.5. The van der Waals surface area contributed by atoms with Crippen LogP contribution < -0.4 is 10.1 Å². The van der Waals surface area contributed by atoms with Crippen LogP contribution in [0.3, 0.4) is 0 Å². The van der Waals surface area contributed by atoms with Gasteiger partial charge in [-0.3, -0.25) is 9.59 Å². The van der Waals surface area contributed by atoms with Crippen molar-refractivity contribution < 1.29 is 14.3 Å². The summed E-state index contributed by atoms with van der Waals surface area (Å²) in [6.07, 6.45) is 1.81. The van der Waals surface area contributed by atoms with Gasteiger partial charge in [-0.15, -0.1) is 0 Å². The van der Waals surface area contributed by atoms with Gasteiger partial charge in [0.05, 0.1) is 12.2 Å². The van der Waals surface area contributed by atoms with E-state index in [0.29, 0.717) is 50.1 Å². The number of hydrogen-bond donors (Lipinski definition) is 1. The third kappa shape index (κ3) is 4.18. The van der Waals surface area contributed by atoms with Crippen LogP contribution in [-0.4, -0.2) is 67.0 Å². The first kappa shape index (κ1) is 18.7. The molecule has 0 bridgehead atoms. The minimum Gasteiger partial charge on any atom is -0.493 e. The van der Waals surface area contributed by atoms with E-state index in [1.54, 1.807) is 6.07 Å². The number of para-hydroxylation sites is 1. The molecule has 142 valence electrons. The fourth-order valence-corrected chi connectivity index (χ4v) is 3.84. The lowest BCUT2D eigenvalue weighted by atomic mass is 9.92. The summed E-state index contributed by atoms with van der Waals surface area (Å²) in [5, 5.41) is 3.39. The van der Waals surface area contributed by atoms with Crippen LogP contribution in [0.15, 0.2) is 24.3 Å². The number of ether oxygens (including phenoxy) is 1. The van der Waals surface area contributed by atoms with Gasteiger partial charge in [0, 0.05) is 38.1 Å². The molecule has 0 unspecified atom stereocenters. The summed E-state index contributed by atoms with van der Waals surface area (Å²) in [4.78, 5) is 29.4. The van der Waals surface area contributed by atoms with Gasteiger partial charge < -0.3 is 19.9 Å². The van der Waals surface area contributed by atoms with Gasteiger partial charge in [-0.25, -0.2) is 0 Å². The number of piperidine rings is 1. The van der Waals surface area contributed by atoms with Gasteiger partial charge in [-0.1, -0.05) is 12.1 Å². The summed E-state index contributed by atoms with van der Waals surface area (Å²) >= 11 is 0. The highest BCUT2D eigenvalue weighted by Gasteiger charge is 2.31. The summed E-state index contributed by atoms with van der Waals surface area (Å²) in [5.41, 5.74) is 0.598. The number of benzene rings is 1. The van der Waals surface area contributed by atoms with Gasteiger partial charge in [-0.05, 0) is 45.4 Å². The maximum atomic E-state index is 12.9. The Morgan fingerprint density at radius 1 is 1.15 bits per heavy atom. The molecule has 2 heterocycles. The molecule has 1 aromatic carbocycles. The highest BCUT2D eigenvalue weighted by molar-refractivity contribution is 5.97. The Morgan fingerprint density at radius 2 is 1.85 bits per heavy atom. The van der Waals surface area contributed by atoms with Crippen molar-refractivity contribution in [2.75, 3.05) is 39.3 Å². The van der Waals surface area contributed by atoms with Crippen LogP contribution in [0.25, 0.3) is 0 Å². The fraction of sp³-hybridized carbons (Fsp3) is 0.600. The molecule has 0 saturated carbocycles. The maximum Gasteiger partial charge on any atom is 0.257 e. The third-order valence-electron chi connectivity index (χ3n) is 5.27. The lowest BCUT2D eigenvalue weighted by Crippen LogP contribution is -2.53. The standard InChI is InChI=1S/C20H29N3O3/c1-3-26-18-7-5-4-6-17(18)20(25)23-12-10-22(11-13-23)19(24)16-8-9-21-15(2)14-16/h4-7,15-16,21H,3,8-14H2,1-2H3/t15-,16-/m0/s1. The van der Waals surface area contributed by atoms with Crippen molar-refractivity contribution in [1.29, 1.82) is 0 Å². The first-order valence-electron chi connectivity index (χ1n) is 9.63. The van der Waals surface area contributed by atoms with E-state index in [0.717, 1.165) is 19.4 Å². The average Bonchev–Trinajstić information content (AvgIpc) is 2.68. The van der Waals surface area contributed by atoms with Crippen LogP contribution in [0.5, 0.6) is 5.75 Å². The highest BCUT2D eigenvalue weighted by Crippen LogP contribution is 2.22. The SMILES string of the molecule is CCOc1ccccc1C(=O)N1CCN(C(=O)[C@H]2CCN[C@@H](C)C2)CC1. The number of rotatable bonds is 4. The Hall–Kier alpha value is -2.08. The normalized spacial score (nSPS) is 23.6. The number of nitrogens with one attached hydrogen (secondary N) is 1. The van der Waals surface area contributed by atoms with Gasteiger partial charge in [-0.2, -0.15) is 0 Å². The molecule has 0 spiro atoms. The van der Waals surface area contributed by atoms with Crippen LogP contribution in [0, 0.1) is 5.92 Å². The largest absolute Gasteiger partial charge is 0.493 e. The second-order valence-corrected chi connectivity index (χ2v) is 7.12. The van der Waals surface area contributed by atoms with E-state index in [1.165, 1.54) is 0 Å². The molecular formula is C20H29N3O3. The van der Waals surface area contributed by atoms with Crippen molar-refractivity contribution in [3.05, 3.63) is 29.8 Å². The zero-order valence-corrected chi connectivity index (χ0v) is 15.7. The number of carbonyl (C=O) groups excluding carboxylic acids is 2. The molecule has 2 atom stereocenters. The molecule has 0 aliphatic carbocycles. The summed E-state index contributed by atoms with van der Waals surface area (Å²) in [5.74, 6) is 0.978. The average molecular weight is 359 g/mol. The molecule has 1 aromatic rings. The van der Waals surface area contributed by atoms with Gasteiger partial charge in [0.25, 0.3) is 5.91 Å². The lowest BCUT2D eigenvalue weighted by Gasteiger charge is -2.38. The second-order valence-electron chi connectivity index (χ2n) is 7.12. The summed E-state index contributed by atoms with van der Waals surface area (Å²) in [6, 6.07) is 7.76. The molecule has 0 aromatic heterocycles. The number of nitrogens with zero attached hydrogens (tertiary/aromatic N) is 2. The van der Waals surface area contributed by atoms with Gasteiger partial charge >= 0.3 is 0 Å². The van der Waals surface area contributed by atoms with Crippen molar-refractivity contribution in [3.8, 4) is 5.75 Å². The van der Waals surface area contributed by atoms with Crippen molar-refractivity contribution in [3.63, 3.8) is 0 Å². The van der Waals surface area contributed by atoms with Crippen LogP contribution in [-0.2, 0) is 4.79 Å². The Kier molecular flexibility index (Phi) is 6.14. The monoisotopic (exact) mass is 359 g/mol. The predicted molar refractivity (Wildman–Crippen MR) is 100 cm³/mol. The minimum atomic E-state index is -0.0170. The van der Waals surface area contributed by atoms with Crippen molar-refractivity contribution in [1.82, 2.24) is 15.1 Å². The number of carbonyl (C=O) groups is 2.